The van der Waals surface area contributed by atoms with Gasteiger partial charge in [0.25, 0.3) is 10.0 Å². The Morgan fingerprint density at radius 2 is 2.27 bits per heavy atom. The van der Waals surface area contributed by atoms with Crippen LogP contribution >= 0.6 is 11.3 Å². The molecule has 0 saturated carbocycles. The number of thiophene rings is 1. The van der Waals surface area contributed by atoms with Crippen molar-refractivity contribution in [3.63, 3.8) is 0 Å². The highest BCUT2D eigenvalue weighted by Gasteiger charge is 2.32. The topological polar surface area (TPSA) is 92.5 Å². The Balaban J connectivity index is 2.11. The molecule has 1 aromatic heterocycles. The van der Waals surface area contributed by atoms with Crippen molar-refractivity contribution in [3.05, 3.63) is 17.0 Å². The summed E-state index contributed by atoms with van der Waals surface area (Å²) in [5.74, 6) is 0.0796. The number of sulfonamides is 1. The molecule has 1 aliphatic rings. The molecule has 1 aliphatic heterocycles. The number of nitrogens with zero attached hydrogens (tertiary/aromatic N) is 1. The summed E-state index contributed by atoms with van der Waals surface area (Å²) in [5, 5.41) is 2.67. The van der Waals surface area contributed by atoms with E-state index in [-0.39, 0.29) is 17.9 Å². The van der Waals surface area contributed by atoms with Crippen LogP contribution in [-0.4, -0.2) is 37.8 Å². The third-order valence-corrected chi connectivity index (χ3v) is 7.32. The minimum absolute atomic E-state index is 0.00309. The van der Waals surface area contributed by atoms with Gasteiger partial charge < -0.3 is 11.1 Å². The van der Waals surface area contributed by atoms with Gasteiger partial charge in [0, 0.05) is 30.9 Å². The van der Waals surface area contributed by atoms with Crippen molar-refractivity contribution in [2.75, 3.05) is 13.1 Å². The fraction of sp³-hybridized carbons (Fsp3) is 0.643. The molecule has 0 aliphatic carbocycles. The summed E-state index contributed by atoms with van der Waals surface area (Å²) in [6.07, 6.45) is 1.82. The second-order valence-corrected chi connectivity index (χ2v) is 9.09. The molecule has 0 radical (unpaired) electrons. The monoisotopic (exact) mass is 345 g/mol. The maximum Gasteiger partial charge on any atom is 0.252 e. The predicted octanol–water partition coefficient (Wildman–Crippen LogP) is 1.13. The minimum Gasteiger partial charge on any atom is -0.351 e. The van der Waals surface area contributed by atoms with Crippen LogP contribution in [0.15, 0.2) is 16.3 Å². The fourth-order valence-corrected chi connectivity index (χ4v) is 5.54. The van der Waals surface area contributed by atoms with E-state index in [4.69, 9.17) is 5.73 Å². The van der Waals surface area contributed by atoms with Crippen molar-refractivity contribution in [1.82, 2.24) is 9.62 Å². The number of amides is 1. The molecule has 8 heteroatoms. The van der Waals surface area contributed by atoms with Crippen LogP contribution in [0.25, 0.3) is 0 Å². The first kappa shape index (κ1) is 17.4. The highest BCUT2D eigenvalue weighted by molar-refractivity contribution is 7.91. The van der Waals surface area contributed by atoms with Crippen LogP contribution in [0.2, 0.25) is 0 Å². The van der Waals surface area contributed by atoms with Gasteiger partial charge in [-0.3, -0.25) is 4.79 Å². The number of carbonyl (C=O) groups is 1. The smallest absolute Gasteiger partial charge is 0.252 e. The van der Waals surface area contributed by atoms with Gasteiger partial charge in [-0.05, 0) is 37.8 Å². The highest BCUT2D eigenvalue weighted by Crippen LogP contribution is 2.29. The second-order valence-electron chi connectivity index (χ2n) is 5.75. The van der Waals surface area contributed by atoms with Crippen LogP contribution in [0.5, 0.6) is 0 Å². The number of hydrogen-bond donors (Lipinski definition) is 2. The Bertz CT molecular complexity index is 625. The lowest BCUT2D eigenvalue weighted by Crippen LogP contribution is -2.44. The van der Waals surface area contributed by atoms with Crippen molar-refractivity contribution in [2.45, 2.75) is 43.5 Å². The van der Waals surface area contributed by atoms with Crippen LogP contribution in [-0.2, 0) is 21.4 Å². The number of rotatable bonds is 5. The van der Waals surface area contributed by atoms with E-state index in [1.54, 1.807) is 16.4 Å². The normalized spacial score (nSPS) is 21.5. The molecule has 0 aromatic carbocycles. The van der Waals surface area contributed by atoms with Gasteiger partial charge in [0.05, 0.1) is 6.54 Å². The van der Waals surface area contributed by atoms with Crippen LogP contribution in [0.3, 0.4) is 0 Å². The minimum atomic E-state index is -3.46. The van der Waals surface area contributed by atoms with E-state index in [0.29, 0.717) is 23.8 Å². The van der Waals surface area contributed by atoms with Gasteiger partial charge in [0.1, 0.15) is 4.21 Å². The summed E-state index contributed by atoms with van der Waals surface area (Å²) in [4.78, 5) is 11.8. The summed E-state index contributed by atoms with van der Waals surface area (Å²) >= 11 is 1.21. The molecule has 0 spiro atoms. The van der Waals surface area contributed by atoms with Crippen molar-refractivity contribution in [1.29, 1.82) is 0 Å². The zero-order chi connectivity index (χ0) is 16.3. The van der Waals surface area contributed by atoms with E-state index in [9.17, 15) is 13.2 Å². The molecule has 1 aromatic rings. The van der Waals surface area contributed by atoms with Gasteiger partial charge >= 0.3 is 0 Å². The van der Waals surface area contributed by atoms with E-state index in [0.717, 1.165) is 17.7 Å². The molecule has 124 valence electrons. The molecule has 1 saturated heterocycles. The highest BCUT2D eigenvalue weighted by atomic mass is 32.2. The zero-order valence-electron chi connectivity index (χ0n) is 12.9. The number of nitrogens with two attached hydrogens (primary N) is 1. The lowest BCUT2D eigenvalue weighted by Gasteiger charge is -2.33. The van der Waals surface area contributed by atoms with Crippen molar-refractivity contribution in [3.8, 4) is 0 Å². The van der Waals surface area contributed by atoms with Gasteiger partial charge in [-0.1, -0.05) is 0 Å². The molecule has 0 bridgehead atoms. The van der Waals surface area contributed by atoms with Crippen LogP contribution < -0.4 is 11.1 Å². The van der Waals surface area contributed by atoms with Gasteiger partial charge in [-0.25, -0.2) is 8.42 Å². The van der Waals surface area contributed by atoms with E-state index in [1.165, 1.54) is 18.3 Å². The van der Waals surface area contributed by atoms with Crippen LogP contribution in [0.4, 0.5) is 0 Å². The maximum atomic E-state index is 12.7. The average Bonchev–Trinajstić information content (AvgIpc) is 2.95. The van der Waals surface area contributed by atoms with Gasteiger partial charge in [-0.2, -0.15) is 4.31 Å². The van der Waals surface area contributed by atoms with Crippen LogP contribution in [0.1, 0.15) is 31.6 Å². The van der Waals surface area contributed by atoms with Crippen molar-refractivity contribution >= 4 is 27.3 Å². The lowest BCUT2D eigenvalue weighted by atomic mass is 9.93. The van der Waals surface area contributed by atoms with Gasteiger partial charge in [0.15, 0.2) is 0 Å². The molecule has 2 atom stereocenters. The molecular formula is C14H23N3O3S2. The zero-order valence-corrected chi connectivity index (χ0v) is 14.5. The number of piperidine rings is 1. The van der Waals surface area contributed by atoms with Gasteiger partial charge in [-0.15, -0.1) is 11.3 Å². The molecule has 0 unspecified atom stereocenters. The summed E-state index contributed by atoms with van der Waals surface area (Å²) in [7, 11) is -3.46. The van der Waals surface area contributed by atoms with Crippen molar-refractivity contribution < 1.29 is 13.2 Å². The molecular weight excluding hydrogens is 322 g/mol. The molecule has 2 heterocycles. The quantitative estimate of drug-likeness (QED) is 0.837. The maximum absolute atomic E-state index is 12.7. The van der Waals surface area contributed by atoms with E-state index in [1.807, 2.05) is 6.92 Å². The number of nitrogens with one attached hydrogen (secondary N) is 1. The molecule has 2 rings (SSSR count). The molecule has 1 amide bonds. The standard InChI is InChI=1S/C14H23N3O3S2/c1-10(15)12-4-3-7-17(9-12)22(19,20)14-6-5-13(21-14)8-16-11(2)18/h5-6,10,12H,3-4,7-9,15H2,1-2H3,(H,16,18)/t10-,12+/m0/s1. The molecule has 22 heavy (non-hydrogen) atoms. The first-order chi connectivity index (χ1) is 10.3. The summed E-state index contributed by atoms with van der Waals surface area (Å²) < 4.78 is 27.3. The average molecular weight is 345 g/mol. The van der Waals surface area contributed by atoms with Crippen molar-refractivity contribution in [2.24, 2.45) is 11.7 Å². The van der Waals surface area contributed by atoms with Crippen LogP contribution in [0, 0.1) is 5.92 Å². The number of hydrogen-bond acceptors (Lipinski definition) is 5. The SMILES string of the molecule is CC(=O)NCc1ccc(S(=O)(=O)N2CCC[C@@H]([C@H](C)N)C2)s1. The number of carbonyl (C=O) groups excluding carboxylic acids is 1. The lowest BCUT2D eigenvalue weighted by molar-refractivity contribution is -0.119. The molecule has 6 nitrogen and oxygen atoms in total. The summed E-state index contributed by atoms with van der Waals surface area (Å²) in [5.41, 5.74) is 5.92. The second kappa shape index (κ2) is 7.08. The summed E-state index contributed by atoms with van der Waals surface area (Å²) in [6.45, 7) is 4.76. The fourth-order valence-electron chi connectivity index (χ4n) is 2.55. The Labute approximate surface area is 135 Å². The molecule has 3 N–H and O–H groups in total. The summed E-state index contributed by atoms with van der Waals surface area (Å²) in [6, 6.07) is 3.37. The predicted molar refractivity (Wildman–Crippen MR) is 87.0 cm³/mol. The Morgan fingerprint density at radius 3 is 2.91 bits per heavy atom. The Morgan fingerprint density at radius 1 is 1.55 bits per heavy atom. The third kappa shape index (κ3) is 4.07. The first-order valence-electron chi connectivity index (χ1n) is 7.39. The first-order valence-corrected chi connectivity index (χ1v) is 9.65. The third-order valence-electron chi connectivity index (χ3n) is 3.91. The van der Waals surface area contributed by atoms with E-state index < -0.39 is 10.0 Å². The van der Waals surface area contributed by atoms with E-state index >= 15 is 0 Å². The Kier molecular flexibility index (Phi) is 5.60. The van der Waals surface area contributed by atoms with E-state index in [2.05, 4.69) is 5.32 Å². The van der Waals surface area contributed by atoms with Gasteiger partial charge in [0.2, 0.25) is 5.91 Å². The largest absolute Gasteiger partial charge is 0.351 e. The molecule has 1 fully saturated rings. The Hall–Kier alpha value is -0.960.